The van der Waals surface area contributed by atoms with Gasteiger partial charge in [0.05, 0.1) is 12.7 Å². The van der Waals surface area contributed by atoms with E-state index in [1.165, 1.54) is 51.5 Å². The molecule has 43 heavy (non-hydrogen) atoms. The summed E-state index contributed by atoms with van der Waals surface area (Å²) >= 11 is 0. The Kier molecular flexibility index (Phi) is 10.0. The number of esters is 2. The summed E-state index contributed by atoms with van der Waals surface area (Å²) in [6.07, 6.45) is 20.6. The second-order valence-electron chi connectivity index (χ2n) is 14.0. The van der Waals surface area contributed by atoms with Gasteiger partial charge in [-0.05, 0) is 105 Å². The Labute approximate surface area is 258 Å². The predicted molar refractivity (Wildman–Crippen MR) is 165 cm³/mol. The number of rotatable bonds is 9. The smallest absolute Gasteiger partial charge is 0.303 e. The number of fused-ring (bicyclic) bond motifs is 5. The second kappa shape index (κ2) is 13.4. The van der Waals surface area contributed by atoms with Crippen LogP contribution in [0.25, 0.3) is 0 Å². The number of ether oxygens (including phenoxy) is 5. The number of hydrogen-bond acceptors (Lipinski definition) is 7. The first kappa shape index (κ1) is 32.2. The monoisotopic (exact) mass is 596 g/mol. The number of methoxy groups -OCH3 is 1. The SMILES string of the molecule is COC/C=C/C=C(\C)[C@H]1CC[C@H]2[C@@H]3CC=C4C[C@@H](O[C@@H]5C=C[C@H](OC(C)=O)[C@@H](COC(C)=O)O5)CC[C@]4(C)[C@H]3CC[C@]12C. The normalized spacial score (nSPS) is 40.8. The van der Waals surface area contributed by atoms with E-state index >= 15 is 0 Å². The van der Waals surface area contributed by atoms with Crippen LogP contribution in [0.15, 0.2) is 47.6 Å². The van der Waals surface area contributed by atoms with Gasteiger partial charge in [-0.2, -0.15) is 0 Å². The van der Waals surface area contributed by atoms with E-state index in [2.05, 4.69) is 45.1 Å². The second-order valence-corrected chi connectivity index (χ2v) is 14.0. The van der Waals surface area contributed by atoms with E-state index in [0.717, 1.165) is 37.0 Å². The summed E-state index contributed by atoms with van der Waals surface area (Å²) in [7, 11) is 1.74. The number of carbonyl (C=O) groups excluding carboxylic acids is 2. The average Bonchev–Trinajstić information content (AvgIpc) is 3.32. The van der Waals surface area contributed by atoms with E-state index in [1.807, 2.05) is 6.08 Å². The molecule has 5 rings (SSSR count). The zero-order valence-corrected chi connectivity index (χ0v) is 27.0. The molecule has 0 spiro atoms. The largest absolute Gasteiger partial charge is 0.463 e. The van der Waals surface area contributed by atoms with Crippen molar-refractivity contribution in [3.05, 3.63) is 47.6 Å². The van der Waals surface area contributed by atoms with Gasteiger partial charge < -0.3 is 23.7 Å². The lowest BCUT2D eigenvalue weighted by Gasteiger charge is -2.58. The number of hydrogen-bond donors (Lipinski definition) is 0. The van der Waals surface area contributed by atoms with Crippen LogP contribution in [0.3, 0.4) is 0 Å². The van der Waals surface area contributed by atoms with E-state index in [9.17, 15) is 9.59 Å². The van der Waals surface area contributed by atoms with Gasteiger partial charge in [-0.25, -0.2) is 0 Å². The molecule has 5 aliphatic rings. The van der Waals surface area contributed by atoms with Crippen molar-refractivity contribution < 1.29 is 33.3 Å². The highest BCUT2D eigenvalue weighted by atomic mass is 16.7. The molecule has 1 heterocycles. The summed E-state index contributed by atoms with van der Waals surface area (Å²) in [6, 6.07) is 0. The summed E-state index contributed by atoms with van der Waals surface area (Å²) in [5.41, 5.74) is 3.71. The van der Waals surface area contributed by atoms with Crippen molar-refractivity contribution in [3.63, 3.8) is 0 Å². The van der Waals surface area contributed by atoms with Crippen molar-refractivity contribution in [1.82, 2.24) is 0 Å². The Balaban J connectivity index is 1.23. The highest BCUT2D eigenvalue weighted by Gasteiger charge is 2.58. The minimum atomic E-state index is -0.608. The molecule has 0 radical (unpaired) electrons. The van der Waals surface area contributed by atoms with Crippen LogP contribution in [-0.2, 0) is 33.3 Å². The standard InChI is InChI=1S/C36H52O7/c1-23(9-7-8-20-39-6)29-12-13-30-28-11-10-26-21-27(16-18-35(26,4)31(28)17-19-36(29,30)5)42-34-15-14-32(41-25(3)38)33(43-34)22-40-24(2)37/h7-10,14-15,27-34H,11-13,16-22H2,1-6H3/b8-7+,23-9+/t27-,28-,29+,30-,31-,32-,33+,34-,35-,36+/m0/s1. The first-order chi connectivity index (χ1) is 20.5. The summed E-state index contributed by atoms with van der Waals surface area (Å²) in [4.78, 5) is 23.0. The Morgan fingerprint density at radius 2 is 1.84 bits per heavy atom. The van der Waals surface area contributed by atoms with Gasteiger partial charge in [0.2, 0.25) is 0 Å². The molecule has 0 aromatic rings. The van der Waals surface area contributed by atoms with Crippen molar-refractivity contribution >= 4 is 11.9 Å². The third-order valence-corrected chi connectivity index (χ3v) is 11.6. The van der Waals surface area contributed by atoms with E-state index in [1.54, 1.807) is 18.8 Å². The molecule has 4 aliphatic carbocycles. The molecule has 10 atom stereocenters. The van der Waals surface area contributed by atoms with Gasteiger partial charge >= 0.3 is 11.9 Å². The minimum Gasteiger partial charge on any atom is -0.463 e. The molecule has 0 aromatic carbocycles. The maximum Gasteiger partial charge on any atom is 0.303 e. The van der Waals surface area contributed by atoms with Crippen LogP contribution in [0.5, 0.6) is 0 Å². The first-order valence-corrected chi connectivity index (χ1v) is 16.4. The Morgan fingerprint density at radius 3 is 2.58 bits per heavy atom. The van der Waals surface area contributed by atoms with Gasteiger partial charge in [-0.3, -0.25) is 9.59 Å². The minimum absolute atomic E-state index is 0.00914. The van der Waals surface area contributed by atoms with E-state index in [-0.39, 0.29) is 18.1 Å². The first-order valence-electron chi connectivity index (χ1n) is 16.4. The van der Waals surface area contributed by atoms with Crippen molar-refractivity contribution in [2.24, 2.45) is 34.5 Å². The fourth-order valence-corrected chi connectivity index (χ4v) is 9.51. The van der Waals surface area contributed by atoms with Gasteiger partial charge in [0.25, 0.3) is 0 Å². The fourth-order valence-electron chi connectivity index (χ4n) is 9.51. The van der Waals surface area contributed by atoms with Crippen LogP contribution in [0.4, 0.5) is 0 Å². The molecule has 0 amide bonds. The Bertz CT molecular complexity index is 1150. The molecular weight excluding hydrogens is 544 g/mol. The molecule has 3 saturated carbocycles. The van der Waals surface area contributed by atoms with Crippen LogP contribution in [0.1, 0.15) is 86.0 Å². The highest BCUT2D eigenvalue weighted by molar-refractivity contribution is 5.66. The number of allylic oxidation sites excluding steroid dienone is 4. The van der Waals surface area contributed by atoms with Gasteiger partial charge in [0, 0.05) is 21.0 Å². The lowest BCUT2D eigenvalue weighted by Crippen LogP contribution is -2.51. The molecule has 3 fully saturated rings. The van der Waals surface area contributed by atoms with Crippen molar-refractivity contribution in [2.45, 2.75) is 111 Å². The maximum atomic E-state index is 11.6. The third kappa shape index (κ3) is 6.74. The Morgan fingerprint density at radius 1 is 1.02 bits per heavy atom. The van der Waals surface area contributed by atoms with Crippen molar-refractivity contribution in [3.8, 4) is 0 Å². The molecule has 0 N–H and O–H groups in total. The molecule has 0 bridgehead atoms. The lowest BCUT2D eigenvalue weighted by atomic mass is 9.47. The quantitative estimate of drug-likeness (QED) is 0.163. The average molecular weight is 597 g/mol. The van der Waals surface area contributed by atoms with Crippen LogP contribution in [0.2, 0.25) is 0 Å². The molecular formula is C36H52O7. The van der Waals surface area contributed by atoms with E-state index < -0.39 is 30.4 Å². The van der Waals surface area contributed by atoms with Crippen LogP contribution < -0.4 is 0 Å². The molecule has 0 aromatic heterocycles. The summed E-state index contributed by atoms with van der Waals surface area (Å²) in [5, 5.41) is 0. The highest BCUT2D eigenvalue weighted by Crippen LogP contribution is 2.67. The van der Waals surface area contributed by atoms with Gasteiger partial charge in [-0.15, -0.1) is 0 Å². The maximum absolute atomic E-state index is 11.6. The third-order valence-electron chi connectivity index (χ3n) is 11.6. The molecule has 238 valence electrons. The Hall–Kier alpha value is -2.22. The van der Waals surface area contributed by atoms with E-state index in [4.69, 9.17) is 23.7 Å². The van der Waals surface area contributed by atoms with E-state index in [0.29, 0.717) is 17.9 Å². The fraction of sp³-hybridized carbons (Fsp3) is 0.722. The predicted octanol–water partition coefficient (Wildman–Crippen LogP) is 6.88. The van der Waals surface area contributed by atoms with Gasteiger partial charge in [0.1, 0.15) is 18.8 Å². The molecule has 0 saturated heterocycles. The summed E-state index contributed by atoms with van der Waals surface area (Å²) in [5.74, 6) is 2.14. The zero-order chi connectivity index (χ0) is 30.8. The molecule has 7 heteroatoms. The topological polar surface area (TPSA) is 80.3 Å². The summed E-state index contributed by atoms with van der Waals surface area (Å²) in [6.45, 7) is 10.8. The molecule has 0 unspecified atom stereocenters. The summed E-state index contributed by atoms with van der Waals surface area (Å²) < 4.78 is 28.3. The van der Waals surface area contributed by atoms with Gasteiger partial charge in [-0.1, -0.05) is 49.3 Å². The zero-order valence-electron chi connectivity index (χ0n) is 27.0. The van der Waals surface area contributed by atoms with Crippen molar-refractivity contribution in [2.75, 3.05) is 20.3 Å². The van der Waals surface area contributed by atoms with Crippen LogP contribution >= 0.6 is 0 Å². The van der Waals surface area contributed by atoms with Crippen LogP contribution in [-0.4, -0.2) is 56.9 Å². The van der Waals surface area contributed by atoms with Crippen molar-refractivity contribution in [1.29, 1.82) is 0 Å². The van der Waals surface area contributed by atoms with Crippen LogP contribution in [0, 0.1) is 34.5 Å². The molecule has 7 nitrogen and oxygen atoms in total. The molecule has 1 aliphatic heterocycles. The lowest BCUT2D eigenvalue weighted by molar-refractivity contribution is -0.213. The van der Waals surface area contributed by atoms with Gasteiger partial charge in [0.15, 0.2) is 6.29 Å². The number of carbonyl (C=O) groups is 2.